The van der Waals surface area contributed by atoms with Crippen LogP contribution in [0.5, 0.6) is 0 Å². The van der Waals surface area contributed by atoms with Crippen molar-refractivity contribution in [3.63, 3.8) is 0 Å². The minimum atomic E-state index is -4.65. The Morgan fingerprint density at radius 1 is 1.05 bits per heavy atom. The Morgan fingerprint density at radius 3 is 2.53 bits per heavy atom. The molecule has 0 aliphatic heterocycles. The average molecular weight is 564 g/mol. The molecule has 0 bridgehead atoms. The second kappa shape index (κ2) is 10.7. The largest absolute Gasteiger partial charge is 0.395 e. The van der Waals surface area contributed by atoms with Gasteiger partial charge >= 0.3 is 0 Å². The Bertz CT molecular complexity index is 1590. The number of nitrogens with zero attached hydrogens (tertiary/aromatic N) is 3. The highest BCUT2D eigenvalue weighted by Gasteiger charge is 2.27. The Hall–Kier alpha value is -3.55. The second-order valence-electron chi connectivity index (χ2n) is 9.21. The van der Waals surface area contributed by atoms with E-state index in [4.69, 9.17) is 5.11 Å². The summed E-state index contributed by atoms with van der Waals surface area (Å²) in [7, 11) is -4.65. The van der Waals surface area contributed by atoms with E-state index in [-0.39, 0.29) is 30.4 Å². The van der Waals surface area contributed by atoms with Gasteiger partial charge in [-0.2, -0.15) is 0 Å². The van der Waals surface area contributed by atoms with Gasteiger partial charge in [0.15, 0.2) is 5.82 Å². The van der Waals surface area contributed by atoms with Crippen LogP contribution in [0, 0.1) is 17.5 Å². The third-order valence-corrected chi connectivity index (χ3v) is 8.12. The Balaban J connectivity index is 1.82. The van der Waals surface area contributed by atoms with Gasteiger partial charge in [0, 0.05) is 23.7 Å². The van der Waals surface area contributed by atoms with Gasteiger partial charge in [-0.25, -0.2) is 36.5 Å². The van der Waals surface area contributed by atoms with Crippen molar-refractivity contribution in [3.8, 4) is 21.8 Å². The molecule has 3 N–H and O–H groups in total. The molecular weight excluding hydrogens is 539 g/mol. The summed E-state index contributed by atoms with van der Waals surface area (Å²) in [6, 6.07) is 7.64. The summed E-state index contributed by atoms with van der Waals surface area (Å²) in [4.78, 5) is 12.8. The number of nitrogens with one attached hydrogen (secondary N) is 2. The van der Waals surface area contributed by atoms with E-state index >= 15 is 4.39 Å². The maximum atomic E-state index is 15.8. The molecule has 38 heavy (non-hydrogen) atoms. The summed E-state index contributed by atoms with van der Waals surface area (Å²) in [6.07, 6.45) is 1.51. The van der Waals surface area contributed by atoms with Gasteiger partial charge in [0.25, 0.3) is 10.0 Å². The first-order valence-corrected chi connectivity index (χ1v) is 13.7. The maximum Gasteiger partial charge on any atom is 0.265 e. The molecule has 0 spiro atoms. The van der Waals surface area contributed by atoms with Gasteiger partial charge in [0.1, 0.15) is 16.5 Å². The molecule has 0 saturated carbocycles. The lowest BCUT2D eigenvalue weighted by molar-refractivity contribution is 0.311. The predicted molar refractivity (Wildman–Crippen MR) is 140 cm³/mol. The fourth-order valence-electron chi connectivity index (χ4n) is 3.41. The first kappa shape index (κ1) is 27.5. The normalized spacial score (nSPS) is 12.0. The lowest BCUT2D eigenvalue weighted by Gasteiger charge is -2.14. The molecule has 0 saturated heterocycles. The number of aromatic nitrogens is 3. The van der Waals surface area contributed by atoms with Gasteiger partial charge in [-0.1, -0.05) is 26.8 Å². The van der Waals surface area contributed by atoms with Crippen molar-refractivity contribution < 1.29 is 26.7 Å². The number of benzene rings is 2. The molecule has 4 aromatic rings. The van der Waals surface area contributed by atoms with E-state index in [1.165, 1.54) is 35.7 Å². The highest BCUT2D eigenvalue weighted by atomic mass is 32.2. The van der Waals surface area contributed by atoms with Crippen LogP contribution in [0.15, 0.2) is 53.6 Å². The predicted octanol–water partition coefficient (Wildman–Crippen LogP) is 5.19. The fraction of sp³-hybridized carbons (Fsp3) is 0.240. The summed E-state index contributed by atoms with van der Waals surface area (Å²) in [5.41, 5.74) is -0.212. The number of anilines is 2. The smallest absolute Gasteiger partial charge is 0.265 e. The van der Waals surface area contributed by atoms with Gasteiger partial charge in [-0.15, -0.1) is 11.3 Å². The quantitative estimate of drug-likeness (QED) is 0.270. The molecule has 0 atom stereocenters. The van der Waals surface area contributed by atoms with Gasteiger partial charge in [-0.05, 0) is 36.4 Å². The van der Waals surface area contributed by atoms with Crippen LogP contribution >= 0.6 is 11.3 Å². The average Bonchev–Trinajstić information content (AvgIpc) is 3.31. The summed E-state index contributed by atoms with van der Waals surface area (Å²) >= 11 is 1.30. The molecule has 4 rings (SSSR count). The van der Waals surface area contributed by atoms with Crippen LogP contribution in [-0.4, -0.2) is 41.6 Å². The van der Waals surface area contributed by atoms with E-state index in [1.807, 2.05) is 25.5 Å². The maximum absolute atomic E-state index is 15.8. The number of thiazole rings is 1. The van der Waals surface area contributed by atoms with Crippen molar-refractivity contribution in [2.75, 3.05) is 23.2 Å². The second-order valence-corrected chi connectivity index (χ2v) is 11.9. The van der Waals surface area contributed by atoms with E-state index < -0.39 is 43.5 Å². The van der Waals surface area contributed by atoms with Gasteiger partial charge in [0.2, 0.25) is 5.95 Å². The Kier molecular flexibility index (Phi) is 7.72. The molecule has 0 amide bonds. The molecular formula is C25H24F3N5O3S2. The number of halogens is 3. The molecule has 8 nitrogen and oxygen atoms in total. The molecule has 0 unspecified atom stereocenters. The molecule has 0 aliphatic carbocycles. The first-order chi connectivity index (χ1) is 17.9. The van der Waals surface area contributed by atoms with Gasteiger partial charge in [0.05, 0.1) is 33.6 Å². The molecule has 200 valence electrons. The molecule has 0 aliphatic rings. The minimum Gasteiger partial charge on any atom is -0.395 e. The molecule has 2 aromatic heterocycles. The summed E-state index contributed by atoms with van der Waals surface area (Å²) in [6.45, 7) is 5.95. The molecule has 2 heterocycles. The van der Waals surface area contributed by atoms with E-state index in [2.05, 4.69) is 20.3 Å². The van der Waals surface area contributed by atoms with Crippen LogP contribution in [0.3, 0.4) is 0 Å². The van der Waals surface area contributed by atoms with Crippen molar-refractivity contribution in [3.05, 3.63) is 71.1 Å². The number of aliphatic hydroxyl groups is 1. The van der Waals surface area contributed by atoms with Crippen LogP contribution < -0.4 is 10.0 Å². The summed E-state index contributed by atoms with van der Waals surface area (Å²) in [5, 5.41) is 12.6. The van der Waals surface area contributed by atoms with E-state index in [9.17, 15) is 17.2 Å². The van der Waals surface area contributed by atoms with Crippen LogP contribution in [-0.2, 0) is 15.4 Å². The van der Waals surface area contributed by atoms with Crippen LogP contribution in [0.4, 0.5) is 24.8 Å². The number of rotatable bonds is 8. The SMILES string of the molecule is CC(C)(C)c1nc(-c2cccc(NS(=O)(=O)c3cc(F)ccc3F)c2F)c(-c2ccnc(NCCO)n2)s1. The number of sulfonamides is 1. The summed E-state index contributed by atoms with van der Waals surface area (Å²) in [5.74, 6) is -2.83. The highest BCUT2D eigenvalue weighted by Crippen LogP contribution is 2.42. The number of hydrogen-bond acceptors (Lipinski definition) is 8. The zero-order chi connectivity index (χ0) is 27.7. The number of hydrogen-bond donors (Lipinski definition) is 3. The third-order valence-electron chi connectivity index (χ3n) is 5.23. The van der Waals surface area contributed by atoms with Crippen molar-refractivity contribution in [2.24, 2.45) is 0 Å². The zero-order valence-electron chi connectivity index (χ0n) is 20.6. The highest BCUT2D eigenvalue weighted by molar-refractivity contribution is 7.92. The molecule has 0 fully saturated rings. The van der Waals surface area contributed by atoms with Crippen molar-refractivity contribution >= 4 is 33.0 Å². The van der Waals surface area contributed by atoms with Crippen molar-refractivity contribution in [1.82, 2.24) is 15.0 Å². The summed E-state index contributed by atoms with van der Waals surface area (Å²) < 4.78 is 71.2. The first-order valence-electron chi connectivity index (χ1n) is 11.4. The standard InChI is InChI=1S/C25H24F3N5O3S2/c1-25(2,3)23-32-21(22(37-23)18-9-10-29-24(31-18)30-11-12-34)15-5-4-6-17(20(15)28)33-38(35,36)19-13-14(26)7-8-16(19)27/h4-10,13,33-34H,11-12H2,1-3H3,(H,29,30,31). The van der Waals surface area contributed by atoms with E-state index in [0.29, 0.717) is 27.7 Å². The van der Waals surface area contributed by atoms with Crippen LogP contribution in [0.25, 0.3) is 21.8 Å². The van der Waals surface area contributed by atoms with Gasteiger partial charge < -0.3 is 10.4 Å². The topological polar surface area (TPSA) is 117 Å². The lowest BCUT2D eigenvalue weighted by Crippen LogP contribution is -2.16. The van der Waals surface area contributed by atoms with Crippen LogP contribution in [0.1, 0.15) is 25.8 Å². The Labute approximate surface area is 221 Å². The van der Waals surface area contributed by atoms with E-state index in [1.54, 1.807) is 6.07 Å². The third kappa shape index (κ3) is 5.79. The lowest BCUT2D eigenvalue weighted by atomic mass is 9.98. The minimum absolute atomic E-state index is 0.0184. The molecule has 0 radical (unpaired) electrons. The number of aliphatic hydroxyl groups excluding tert-OH is 1. The van der Waals surface area contributed by atoms with Crippen LogP contribution in [0.2, 0.25) is 0 Å². The monoisotopic (exact) mass is 563 g/mol. The molecule has 13 heteroatoms. The Morgan fingerprint density at radius 2 is 1.82 bits per heavy atom. The van der Waals surface area contributed by atoms with E-state index in [0.717, 1.165) is 6.07 Å². The fourth-order valence-corrected chi connectivity index (χ4v) is 5.67. The van der Waals surface area contributed by atoms with Crippen molar-refractivity contribution in [1.29, 1.82) is 0 Å². The van der Waals surface area contributed by atoms with Crippen molar-refractivity contribution in [2.45, 2.75) is 31.1 Å². The van der Waals surface area contributed by atoms with Gasteiger partial charge in [-0.3, -0.25) is 4.72 Å². The zero-order valence-corrected chi connectivity index (χ0v) is 22.2. The molecule has 2 aromatic carbocycles.